The molecular formula is C19H28ClFN4O. The molecule has 1 amide bonds. The summed E-state index contributed by atoms with van der Waals surface area (Å²) in [6.07, 6.45) is 3.93. The van der Waals surface area contributed by atoms with Gasteiger partial charge in [-0.3, -0.25) is 4.79 Å². The summed E-state index contributed by atoms with van der Waals surface area (Å²) in [5.41, 5.74) is 0.465. The predicted octanol–water partition coefficient (Wildman–Crippen LogP) is 3.18. The summed E-state index contributed by atoms with van der Waals surface area (Å²) in [5, 5.41) is 6.61. The predicted molar refractivity (Wildman–Crippen MR) is 104 cm³/mol. The molecule has 1 fully saturated rings. The second-order valence-corrected chi connectivity index (χ2v) is 7.39. The minimum Gasteiger partial charge on any atom is -0.357 e. The zero-order valence-corrected chi connectivity index (χ0v) is 16.5. The van der Waals surface area contributed by atoms with E-state index in [1.165, 1.54) is 6.07 Å². The van der Waals surface area contributed by atoms with Crippen molar-refractivity contribution in [3.05, 3.63) is 34.6 Å². The standard InChI is InChI=1S/C19H28ClFN4O/c1-4-22-18(23-12-14-7-8-16(21)15(20)11-14)24-13-19(9-5-6-10-19)17(26)25(2)3/h7-8,11H,4-6,9-10,12-13H2,1-3H3,(H2,22,23,24). The number of guanidine groups is 1. The van der Waals surface area contributed by atoms with Crippen molar-refractivity contribution in [2.75, 3.05) is 27.2 Å². The minimum absolute atomic E-state index is 0.0946. The van der Waals surface area contributed by atoms with Crippen LogP contribution in [0.2, 0.25) is 5.02 Å². The van der Waals surface area contributed by atoms with Crippen LogP contribution in [-0.4, -0.2) is 44.0 Å². The Morgan fingerprint density at radius 2 is 2.00 bits per heavy atom. The summed E-state index contributed by atoms with van der Waals surface area (Å²) in [5.74, 6) is 0.379. The fourth-order valence-corrected chi connectivity index (χ4v) is 3.60. The lowest BCUT2D eigenvalue weighted by molar-refractivity contribution is -0.138. The van der Waals surface area contributed by atoms with Gasteiger partial charge in [0, 0.05) is 27.2 Å². The van der Waals surface area contributed by atoms with Crippen LogP contribution in [0.4, 0.5) is 4.39 Å². The average Bonchev–Trinajstić information content (AvgIpc) is 3.09. The maximum atomic E-state index is 13.3. The Bertz CT molecular complexity index is 657. The maximum Gasteiger partial charge on any atom is 0.230 e. The van der Waals surface area contributed by atoms with E-state index in [-0.39, 0.29) is 16.3 Å². The zero-order chi connectivity index (χ0) is 19.2. The molecule has 0 aliphatic heterocycles. The first-order chi connectivity index (χ1) is 12.4. The number of halogens is 2. The van der Waals surface area contributed by atoms with Gasteiger partial charge < -0.3 is 15.5 Å². The Morgan fingerprint density at radius 1 is 1.31 bits per heavy atom. The number of aliphatic imine (C=N–C) groups is 1. The fourth-order valence-electron chi connectivity index (χ4n) is 3.40. The molecule has 0 spiro atoms. The van der Waals surface area contributed by atoms with Gasteiger partial charge in [0.2, 0.25) is 5.91 Å². The number of rotatable bonds is 6. The average molecular weight is 383 g/mol. The van der Waals surface area contributed by atoms with Crippen molar-refractivity contribution >= 4 is 23.5 Å². The second kappa shape index (κ2) is 9.21. The third-order valence-corrected chi connectivity index (χ3v) is 5.05. The molecule has 0 heterocycles. The molecule has 0 saturated heterocycles. The van der Waals surface area contributed by atoms with Crippen molar-refractivity contribution in [1.29, 1.82) is 0 Å². The molecule has 1 aromatic rings. The van der Waals surface area contributed by atoms with Crippen LogP contribution in [-0.2, 0) is 11.3 Å². The second-order valence-electron chi connectivity index (χ2n) is 6.98. The molecule has 0 bridgehead atoms. The summed E-state index contributed by atoms with van der Waals surface area (Å²) in [6.45, 7) is 3.64. The largest absolute Gasteiger partial charge is 0.357 e. The quantitative estimate of drug-likeness (QED) is 0.587. The maximum absolute atomic E-state index is 13.3. The third kappa shape index (κ3) is 5.10. The number of hydrogen-bond acceptors (Lipinski definition) is 2. The van der Waals surface area contributed by atoms with E-state index in [0.29, 0.717) is 25.6 Å². The number of benzene rings is 1. The van der Waals surface area contributed by atoms with E-state index >= 15 is 0 Å². The van der Waals surface area contributed by atoms with E-state index in [2.05, 4.69) is 15.6 Å². The van der Waals surface area contributed by atoms with Gasteiger partial charge in [-0.15, -0.1) is 0 Å². The van der Waals surface area contributed by atoms with Gasteiger partial charge in [-0.25, -0.2) is 9.38 Å². The minimum atomic E-state index is -0.435. The van der Waals surface area contributed by atoms with Crippen molar-refractivity contribution < 1.29 is 9.18 Å². The van der Waals surface area contributed by atoms with Gasteiger partial charge in [-0.05, 0) is 37.5 Å². The Morgan fingerprint density at radius 3 is 2.58 bits per heavy atom. The van der Waals surface area contributed by atoms with Crippen molar-refractivity contribution in [3.8, 4) is 0 Å². The number of amides is 1. The molecule has 1 aliphatic rings. The molecule has 1 aromatic carbocycles. The van der Waals surface area contributed by atoms with Gasteiger partial charge in [-0.1, -0.05) is 30.5 Å². The molecule has 0 radical (unpaired) electrons. The van der Waals surface area contributed by atoms with E-state index in [9.17, 15) is 9.18 Å². The Hall–Kier alpha value is -1.82. The van der Waals surface area contributed by atoms with Crippen molar-refractivity contribution in [2.24, 2.45) is 10.4 Å². The first-order valence-electron chi connectivity index (χ1n) is 9.06. The van der Waals surface area contributed by atoms with Crippen LogP contribution in [0.15, 0.2) is 23.2 Å². The molecule has 26 heavy (non-hydrogen) atoms. The smallest absolute Gasteiger partial charge is 0.230 e. The van der Waals surface area contributed by atoms with Gasteiger partial charge in [0.1, 0.15) is 5.82 Å². The highest BCUT2D eigenvalue weighted by molar-refractivity contribution is 6.30. The van der Waals surface area contributed by atoms with E-state index in [0.717, 1.165) is 31.2 Å². The molecule has 1 saturated carbocycles. The summed E-state index contributed by atoms with van der Waals surface area (Å²) >= 11 is 5.82. The molecule has 0 atom stereocenters. The number of carbonyl (C=O) groups is 1. The van der Waals surface area contributed by atoms with Crippen LogP contribution in [0.3, 0.4) is 0 Å². The van der Waals surface area contributed by atoms with Crippen molar-refractivity contribution in [3.63, 3.8) is 0 Å². The lowest BCUT2D eigenvalue weighted by Crippen LogP contribution is -2.49. The molecule has 5 nitrogen and oxygen atoms in total. The Balaban J connectivity index is 2.06. The molecular weight excluding hydrogens is 355 g/mol. The molecule has 1 aliphatic carbocycles. The van der Waals surface area contributed by atoms with E-state index in [1.807, 2.05) is 6.92 Å². The van der Waals surface area contributed by atoms with E-state index in [4.69, 9.17) is 11.6 Å². The van der Waals surface area contributed by atoms with Gasteiger partial charge in [0.25, 0.3) is 0 Å². The summed E-state index contributed by atoms with van der Waals surface area (Å²) in [4.78, 5) is 18.9. The summed E-state index contributed by atoms with van der Waals surface area (Å²) in [7, 11) is 3.61. The topological polar surface area (TPSA) is 56.7 Å². The highest BCUT2D eigenvalue weighted by atomic mass is 35.5. The lowest BCUT2D eigenvalue weighted by atomic mass is 9.84. The number of nitrogens with zero attached hydrogens (tertiary/aromatic N) is 2. The molecule has 0 aromatic heterocycles. The SMILES string of the molecule is CCNC(=NCc1ccc(F)c(Cl)c1)NCC1(C(=O)N(C)C)CCCC1. The first kappa shape index (κ1) is 20.5. The monoisotopic (exact) mass is 382 g/mol. The van der Waals surface area contributed by atoms with E-state index < -0.39 is 5.82 Å². The number of hydrogen-bond donors (Lipinski definition) is 2. The first-order valence-corrected chi connectivity index (χ1v) is 9.43. The summed E-state index contributed by atoms with van der Waals surface area (Å²) < 4.78 is 13.3. The van der Waals surface area contributed by atoms with Crippen LogP contribution >= 0.6 is 11.6 Å². The molecule has 0 unspecified atom stereocenters. The van der Waals surface area contributed by atoms with Crippen LogP contribution in [0.5, 0.6) is 0 Å². The van der Waals surface area contributed by atoms with Crippen molar-refractivity contribution in [2.45, 2.75) is 39.2 Å². The molecule has 144 valence electrons. The number of nitrogens with one attached hydrogen (secondary N) is 2. The van der Waals surface area contributed by atoms with Gasteiger partial charge in [0.15, 0.2) is 5.96 Å². The summed E-state index contributed by atoms with van der Waals surface area (Å²) in [6, 6.07) is 4.59. The Kier molecular flexibility index (Phi) is 7.26. The van der Waals surface area contributed by atoms with Crippen molar-refractivity contribution in [1.82, 2.24) is 15.5 Å². The molecule has 2 rings (SSSR count). The molecule has 7 heteroatoms. The zero-order valence-electron chi connectivity index (χ0n) is 15.7. The highest BCUT2D eigenvalue weighted by Gasteiger charge is 2.42. The van der Waals surface area contributed by atoms with Gasteiger partial charge >= 0.3 is 0 Å². The van der Waals surface area contributed by atoms with Crippen LogP contribution < -0.4 is 10.6 Å². The normalized spacial score (nSPS) is 16.4. The van der Waals surface area contributed by atoms with E-state index in [1.54, 1.807) is 31.1 Å². The van der Waals surface area contributed by atoms with Crippen LogP contribution in [0.25, 0.3) is 0 Å². The van der Waals surface area contributed by atoms with Crippen LogP contribution in [0, 0.1) is 11.2 Å². The van der Waals surface area contributed by atoms with Crippen LogP contribution in [0.1, 0.15) is 38.2 Å². The highest BCUT2D eigenvalue weighted by Crippen LogP contribution is 2.38. The fraction of sp³-hybridized carbons (Fsp3) is 0.579. The third-order valence-electron chi connectivity index (χ3n) is 4.76. The number of carbonyl (C=O) groups excluding carboxylic acids is 1. The van der Waals surface area contributed by atoms with Gasteiger partial charge in [0.05, 0.1) is 17.0 Å². The molecule has 2 N–H and O–H groups in total. The Labute approximate surface area is 160 Å². The van der Waals surface area contributed by atoms with Gasteiger partial charge in [-0.2, -0.15) is 0 Å². The lowest BCUT2D eigenvalue weighted by Gasteiger charge is -2.31.